The SMILES string of the molecule is N#Cc1cc(F)cc(NCC2CCCCC2O)c1. The van der Waals surface area contributed by atoms with Gasteiger partial charge in [0.2, 0.25) is 0 Å². The molecule has 2 atom stereocenters. The second kappa shape index (κ2) is 5.83. The Morgan fingerprint density at radius 1 is 1.33 bits per heavy atom. The summed E-state index contributed by atoms with van der Waals surface area (Å²) in [5.41, 5.74) is 0.908. The van der Waals surface area contributed by atoms with Crippen LogP contribution in [0.25, 0.3) is 0 Å². The highest BCUT2D eigenvalue weighted by molar-refractivity contribution is 5.49. The Morgan fingerprint density at radius 3 is 2.83 bits per heavy atom. The summed E-state index contributed by atoms with van der Waals surface area (Å²) < 4.78 is 13.2. The highest BCUT2D eigenvalue weighted by Crippen LogP contribution is 2.25. The fourth-order valence-electron chi connectivity index (χ4n) is 2.43. The van der Waals surface area contributed by atoms with Crippen molar-refractivity contribution in [3.8, 4) is 6.07 Å². The van der Waals surface area contributed by atoms with Crippen LogP contribution in [0.1, 0.15) is 31.2 Å². The van der Waals surface area contributed by atoms with E-state index in [9.17, 15) is 9.50 Å². The van der Waals surface area contributed by atoms with E-state index < -0.39 is 5.82 Å². The summed E-state index contributed by atoms with van der Waals surface area (Å²) >= 11 is 0. The topological polar surface area (TPSA) is 56.0 Å². The van der Waals surface area contributed by atoms with Crippen molar-refractivity contribution in [2.75, 3.05) is 11.9 Å². The number of halogens is 1. The molecule has 1 aromatic carbocycles. The normalized spacial score (nSPS) is 23.4. The van der Waals surface area contributed by atoms with Crippen molar-refractivity contribution in [3.63, 3.8) is 0 Å². The lowest BCUT2D eigenvalue weighted by Crippen LogP contribution is -2.30. The van der Waals surface area contributed by atoms with Gasteiger partial charge in [-0.05, 0) is 31.0 Å². The van der Waals surface area contributed by atoms with E-state index in [0.29, 0.717) is 17.8 Å². The molecule has 0 aliphatic heterocycles. The molecule has 1 aromatic rings. The first-order chi connectivity index (χ1) is 8.69. The molecule has 0 heterocycles. The Morgan fingerprint density at radius 2 is 2.11 bits per heavy atom. The molecule has 0 aromatic heterocycles. The van der Waals surface area contributed by atoms with Crippen LogP contribution in [-0.4, -0.2) is 17.8 Å². The molecule has 1 fully saturated rings. The highest BCUT2D eigenvalue weighted by Gasteiger charge is 2.22. The van der Waals surface area contributed by atoms with Crippen molar-refractivity contribution < 1.29 is 9.50 Å². The molecular formula is C14H17FN2O. The van der Waals surface area contributed by atoms with Gasteiger partial charge in [0.15, 0.2) is 0 Å². The third-order valence-corrected chi connectivity index (χ3v) is 3.46. The fraction of sp³-hybridized carbons (Fsp3) is 0.500. The smallest absolute Gasteiger partial charge is 0.126 e. The zero-order chi connectivity index (χ0) is 13.0. The fourth-order valence-corrected chi connectivity index (χ4v) is 2.43. The van der Waals surface area contributed by atoms with Crippen LogP contribution in [0.15, 0.2) is 18.2 Å². The van der Waals surface area contributed by atoms with Crippen LogP contribution in [0.2, 0.25) is 0 Å². The third kappa shape index (κ3) is 3.21. The number of nitrogens with zero attached hydrogens (tertiary/aromatic N) is 1. The van der Waals surface area contributed by atoms with Gasteiger partial charge in [0, 0.05) is 18.2 Å². The molecule has 2 unspecified atom stereocenters. The summed E-state index contributed by atoms with van der Waals surface area (Å²) in [6.07, 6.45) is 3.79. The lowest BCUT2D eigenvalue weighted by molar-refractivity contribution is 0.0763. The van der Waals surface area contributed by atoms with Crippen molar-refractivity contribution in [3.05, 3.63) is 29.6 Å². The molecular weight excluding hydrogens is 231 g/mol. The molecule has 1 aliphatic rings. The molecule has 0 amide bonds. The van der Waals surface area contributed by atoms with Gasteiger partial charge in [0.05, 0.1) is 17.7 Å². The maximum Gasteiger partial charge on any atom is 0.126 e. The molecule has 96 valence electrons. The number of nitrogens with one attached hydrogen (secondary N) is 1. The van der Waals surface area contributed by atoms with Gasteiger partial charge in [-0.15, -0.1) is 0 Å². The quantitative estimate of drug-likeness (QED) is 0.864. The van der Waals surface area contributed by atoms with E-state index in [4.69, 9.17) is 5.26 Å². The minimum atomic E-state index is -0.416. The number of hydrogen-bond acceptors (Lipinski definition) is 3. The summed E-state index contributed by atoms with van der Waals surface area (Å²) in [4.78, 5) is 0. The van der Waals surface area contributed by atoms with E-state index in [0.717, 1.165) is 25.7 Å². The largest absolute Gasteiger partial charge is 0.393 e. The highest BCUT2D eigenvalue weighted by atomic mass is 19.1. The number of nitriles is 1. The van der Waals surface area contributed by atoms with Crippen LogP contribution in [0.3, 0.4) is 0 Å². The van der Waals surface area contributed by atoms with E-state index in [1.54, 1.807) is 6.07 Å². The predicted molar refractivity (Wildman–Crippen MR) is 67.6 cm³/mol. The molecule has 1 aliphatic carbocycles. The van der Waals surface area contributed by atoms with Crippen LogP contribution in [0.4, 0.5) is 10.1 Å². The van der Waals surface area contributed by atoms with Gasteiger partial charge in [-0.1, -0.05) is 12.8 Å². The zero-order valence-corrected chi connectivity index (χ0v) is 10.2. The van der Waals surface area contributed by atoms with Crippen molar-refractivity contribution in [2.24, 2.45) is 5.92 Å². The van der Waals surface area contributed by atoms with Crippen LogP contribution in [0, 0.1) is 23.1 Å². The molecule has 3 nitrogen and oxygen atoms in total. The number of aliphatic hydroxyl groups is 1. The zero-order valence-electron chi connectivity index (χ0n) is 10.2. The second-order valence-corrected chi connectivity index (χ2v) is 4.83. The Hall–Kier alpha value is -1.60. The van der Waals surface area contributed by atoms with Crippen LogP contribution in [-0.2, 0) is 0 Å². The molecule has 4 heteroatoms. The van der Waals surface area contributed by atoms with Crippen LogP contribution >= 0.6 is 0 Å². The average Bonchev–Trinajstić information content (AvgIpc) is 2.37. The van der Waals surface area contributed by atoms with E-state index in [-0.39, 0.29) is 12.0 Å². The van der Waals surface area contributed by atoms with Crippen LogP contribution < -0.4 is 5.32 Å². The average molecular weight is 248 g/mol. The lowest BCUT2D eigenvalue weighted by atomic mass is 9.86. The predicted octanol–water partition coefficient (Wildman–Crippen LogP) is 2.66. The minimum absolute atomic E-state index is 0.215. The monoisotopic (exact) mass is 248 g/mol. The van der Waals surface area contributed by atoms with Crippen LogP contribution in [0.5, 0.6) is 0 Å². The molecule has 0 saturated heterocycles. The van der Waals surface area contributed by atoms with Gasteiger partial charge < -0.3 is 10.4 Å². The van der Waals surface area contributed by atoms with Gasteiger partial charge in [0.1, 0.15) is 5.82 Å². The molecule has 1 saturated carbocycles. The number of benzene rings is 1. The van der Waals surface area contributed by atoms with E-state index in [1.807, 2.05) is 6.07 Å². The Balaban J connectivity index is 1.97. The van der Waals surface area contributed by atoms with E-state index in [2.05, 4.69) is 5.32 Å². The molecule has 2 N–H and O–H groups in total. The molecule has 0 spiro atoms. The number of hydrogen-bond donors (Lipinski definition) is 2. The number of rotatable bonds is 3. The minimum Gasteiger partial charge on any atom is -0.393 e. The molecule has 18 heavy (non-hydrogen) atoms. The molecule has 0 bridgehead atoms. The molecule has 0 radical (unpaired) electrons. The van der Waals surface area contributed by atoms with E-state index >= 15 is 0 Å². The maximum absolute atomic E-state index is 13.2. The summed E-state index contributed by atoms with van der Waals surface area (Å²) in [7, 11) is 0. The van der Waals surface area contributed by atoms with E-state index in [1.165, 1.54) is 12.1 Å². The van der Waals surface area contributed by atoms with Crippen molar-refractivity contribution in [1.82, 2.24) is 0 Å². The summed E-state index contributed by atoms with van der Waals surface area (Å²) in [6.45, 7) is 0.621. The van der Waals surface area contributed by atoms with Gasteiger partial charge >= 0.3 is 0 Å². The Bertz CT molecular complexity index is 456. The standard InChI is InChI=1S/C14H17FN2O/c15-12-5-10(8-16)6-13(7-12)17-9-11-3-1-2-4-14(11)18/h5-7,11,14,17-18H,1-4,9H2. The maximum atomic E-state index is 13.2. The Kier molecular flexibility index (Phi) is 4.16. The van der Waals surface area contributed by atoms with Gasteiger partial charge in [0.25, 0.3) is 0 Å². The second-order valence-electron chi connectivity index (χ2n) is 4.83. The third-order valence-electron chi connectivity index (χ3n) is 3.46. The first kappa shape index (κ1) is 12.8. The Labute approximate surface area is 106 Å². The van der Waals surface area contributed by atoms with Gasteiger partial charge in [-0.2, -0.15) is 5.26 Å². The van der Waals surface area contributed by atoms with Gasteiger partial charge in [-0.25, -0.2) is 4.39 Å². The summed E-state index contributed by atoms with van der Waals surface area (Å²) in [5, 5.41) is 21.7. The first-order valence-electron chi connectivity index (χ1n) is 6.31. The first-order valence-corrected chi connectivity index (χ1v) is 6.31. The van der Waals surface area contributed by atoms with Crippen molar-refractivity contribution in [1.29, 1.82) is 5.26 Å². The van der Waals surface area contributed by atoms with Crippen molar-refractivity contribution >= 4 is 5.69 Å². The van der Waals surface area contributed by atoms with Crippen molar-refractivity contribution in [2.45, 2.75) is 31.8 Å². The summed E-state index contributed by atoms with van der Waals surface area (Å²) in [5.74, 6) is -0.201. The molecule has 2 rings (SSSR count). The van der Waals surface area contributed by atoms with Gasteiger partial charge in [-0.3, -0.25) is 0 Å². The lowest BCUT2D eigenvalue weighted by Gasteiger charge is -2.28. The number of anilines is 1. The summed E-state index contributed by atoms with van der Waals surface area (Å²) in [6, 6.07) is 6.13. The number of aliphatic hydroxyl groups excluding tert-OH is 1.